The van der Waals surface area contributed by atoms with Crippen LogP contribution in [0.3, 0.4) is 0 Å². The molecule has 0 spiro atoms. The van der Waals surface area contributed by atoms with Gasteiger partial charge >= 0.3 is 0 Å². The maximum atomic E-state index is 5.85. The van der Waals surface area contributed by atoms with E-state index in [9.17, 15) is 0 Å². The Morgan fingerprint density at radius 2 is 2.11 bits per heavy atom. The van der Waals surface area contributed by atoms with Gasteiger partial charge in [0.2, 0.25) is 0 Å². The van der Waals surface area contributed by atoms with Crippen LogP contribution < -0.4 is 11.1 Å². The van der Waals surface area contributed by atoms with E-state index in [1.165, 1.54) is 5.56 Å². The van der Waals surface area contributed by atoms with Gasteiger partial charge in [-0.05, 0) is 36.8 Å². The zero-order chi connectivity index (χ0) is 13.4. The standard InChI is InChI=1S/C14H12BrN3O/c1-8-5-6-9(7-10(8)15)17-14-18-13-11(16)3-2-4-12(13)19-14/h2-7H,16H2,1H3,(H,17,18). The number of oxazole rings is 1. The molecule has 19 heavy (non-hydrogen) atoms. The van der Waals surface area contributed by atoms with Gasteiger partial charge in [0.05, 0.1) is 5.69 Å². The number of fused-ring (bicyclic) bond motifs is 1. The number of hydrogen-bond acceptors (Lipinski definition) is 4. The molecule has 2 aromatic carbocycles. The third-order valence-electron chi connectivity index (χ3n) is 2.87. The molecule has 0 aliphatic carbocycles. The van der Waals surface area contributed by atoms with Gasteiger partial charge in [0.25, 0.3) is 6.01 Å². The summed E-state index contributed by atoms with van der Waals surface area (Å²) in [5.41, 5.74) is 9.89. The first-order chi connectivity index (χ1) is 9.13. The number of benzene rings is 2. The number of nitrogen functional groups attached to an aromatic ring is 1. The molecule has 1 heterocycles. The smallest absolute Gasteiger partial charge is 0.300 e. The average molecular weight is 318 g/mol. The topological polar surface area (TPSA) is 64.1 Å². The molecule has 5 heteroatoms. The molecule has 0 radical (unpaired) electrons. The number of nitrogens with one attached hydrogen (secondary N) is 1. The second kappa shape index (κ2) is 4.59. The van der Waals surface area contributed by atoms with Crippen LogP contribution >= 0.6 is 15.9 Å². The van der Waals surface area contributed by atoms with Crippen LogP contribution in [0.5, 0.6) is 0 Å². The summed E-state index contributed by atoms with van der Waals surface area (Å²) in [7, 11) is 0. The van der Waals surface area contributed by atoms with E-state index in [0.717, 1.165) is 10.2 Å². The molecule has 0 amide bonds. The molecule has 4 nitrogen and oxygen atoms in total. The second-order valence-corrected chi connectivity index (χ2v) is 5.16. The molecule has 0 bridgehead atoms. The first-order valence-corrected chi connectivity index (χ1v) is 6.61. The van der Waals surface area contributed by atoms with E-state index in [-0.39, 0.29) is 0 Å². The Bertz CT molecular complexity index is 752. The van der Waals surface area contributed by atoms with E-state index in [2.05, 4.69) is 26.2 Å². The van der Waals surface area contributed by atoms with Crippen LogP contribution in [0.1, 0.15) is 5.56 Å². The Balaban J connectivity index is 1.96. The van der Waals surface area contributed by atoms with Gasteiger partial charge in [0.1, 0.15) is 5.52 Å². The molecular weight excluding hydrogens is 306 g/mol. The SMILES string of the molecule is Cc1ccc(Nc2nc3c(N)cccc3o2)cc1Br. The highest BCUT2D eigenvalue weighted by molar-refractivity contribution is 9.10. The molecule has 3 rings (SSSR count). The minimum absolute atomic E-state index is 0.434. The first-order valence-electron chi connectivity index (χ1n) is 5.82. The normalized spacial score (nSPS) is 10.8. The fraction of sp³-hybridized carbons (Fsp3) is 0.0714. The van der Waals surface area contributed by atoms with Crippen molar-refractivity contribution in [2.24, 2.45) is 0 Å². The fourth-order valence-electron chi connectivity index (χ4n) is 1.82. The summed E-state index contributed by atoms with van der Waals surface area (Å²) in [6.07, 6.45) is 0. The second-order valence-electron chi connectivity index (χ2n) is 4.30. The number of hydrogen-bond donors (Lipinski definition) is 2. The molecular formula is C14H12BrN3O. The maximum absolute atomic E-state index is 5.85. The van der Waals surface area contributed by atoms with E-state index in [0.29, 0.717) is 22.8 Å². The Hall–Kier alpha value is -2.01. The summed E-state index contributed by atoms with van der Waals surface area (Å²) in [4.78, 5) is 4.34. The lowest BCUT2D eigenvalue weighted by molar-refractivity contribution is 0.623. The van der Waals surface area contributed by atoms with Crippen molar-refractivity contribution < 1.29 is 4.42 Å². The molecule has 0 saturated heterocycles. The lowest BCUT2D eigenvalue weighted by Crippen LogP contribution is -1.91. The molecule has 3 aromatic rings. The number of aromatic nitrogens is 1. The summed E-state index contributed by atoms with van der Waals surface area (Å²) in [6, 6.07) is 11.9. The average Bonchev–Trinajstić information content (AvgIpc) is 2.78. The third-order valence-corrected chi connectivity index (χ3v) is 3.73. The van der Waals surface area contributed by atoms with Crippen LogP contribution in [0.15, 0.2) is 45.3 Å². The molecule has 1 aromatic heterocycles. The van der Waals surface area contributed by atoms with E-state index in [1.807, 2.05) is 37.3 Å². The Morgan fingerprint density at radius 1 is 1.26 bits per heavy atom. The zero-order valence-corrected chi connectivity index (χ0v) is 11.9. The number of para-hydroxylation sites is 1. The van der Waals surface area contributed by atoms with Gasteiger partial charge < -0.3 is 15.5 Å². The third kappa shape index (κ3) is 2.29. The summed E-state index contributed by atoms with van der Waals surface area (Å²) in [5.74, 6) is 0. The van der Waals surface area contributed by atoms with E-state index < -0.39 is 0 Å². The molecule has 0 aliphatic heterocycles. The molecule has 0 atom stereocenters. The highest BCUT2D eigenvalue weighted by Crippen LogP contribution is 2.27. The van der Waals surface area contributed by atoms with Crippen molar-refractivity contribution in [2.45, 2.75) is 6.92 Å². The molecule has 0 fully saturated rings. The Labute approximate surface area is 118 Å². The van der Waals surface area contributed by atoms with Crippen LogP contribution in [0.2, 0.25) is 0 Å². The van der Waals surface area contributed by atoms with Crippen LogP contribution in [-0.4, -0.2) is 4.98 Å². The highest BCUT2D eigenvalue weighted by Gasteiger charge is 2.08. The van der Waals surface area contributed by atoms with E-state index in [1.54, 1.807) is 6.07 Å². The molecule has 96 valence electrons. The van der Waals surface area contributed by atoms with Gasteiger partial charge in [-0.2, -0.15) is 4.98 Å². The van der Waals surface area contributed by atoms with Crippen molar-refractivity contribution in [1.29, 1.82) is 0 Å². The maximum Gasteiger partial charge on any atom is 0.300 e. The molecule has 0 saturated carbocycles. The predicted molar refractivity (Wildman–Crippen MR) is 80.6 cm³/mol. The van der Waals surface area contributed by atoms with Gasteiger partial charge in [0, 0.05) is 10.2 Å². The van der Waals surface area contributed by atoms with Gasteiger partial charge in [-0.1, -0.05) is 28.1 Å². The van der Waals surface area contributed by atoms with Crippen molar-refractivity contribution in [3.63, 3.8) is 0 Å². The summed E-state index contributed by atoms with van der Waals surface area (Å²) >= 11 is 3.49. The molecule has 3 N–H and O–H groups in total. The number of nitrogens with zero attached hydrogens (tertiary/aromatic N) is 1. The summed E-state index contributed by atoms with van der Waals surface area (Å²) in [5, 5.41) is 3.13. The number of aryl methyl sites for hydroxylation is 1. The summed E-state index contributed by atoms with van der Waals surface area (Å²) in [6.45, 7) is 2.04. The van der Waals surface area contributed by atoms with Crippen molar-refractivity contribution >= 4 is 44.4 Å². The van der Waals surface area contributed by atoms with Crippen LogP contribution in [-0.2, 0) is 0 Å². The van der Waals surface area contributed by atoms with E-state index in [4.69, 9.17) is 10.2 Å². The Morgan fingerprint density at radius 3 is 2.84 bits per heavy atom. The predicted octanol–water partition coefficient (Wildman–Crippen LogP) is 4.22. The van der Waals surface area contributed by atoms with Crippen molar-refractivity contribution in [1.82, 2.24) is 4.98 Å². The van der Waals surface area contributed by atoms with E-state index >= 15 is 0 Å². The monoisotopic (exact) mass is 317 g/mol. The van der Waals surface area contributed by atoms with Crippen LogP contribution in [0.4, 0.5) is 17.4 Å². The lowest BCUT2D eigenvalue weighted by Gasteiger charge is -2.03. The van der Waals surface area contributed by atoms with Crippen LogP contribution in [0, 0.1) is 6.92 Å². The number of rotatable bonds is 2. The van der Waals surface area contributed by atoms with Crippen LogP contribution in [0.25, 0.3) is 11.1 Å². The van der Waals surface area contributed by atoms with Crippen molar-refractivity contribution in [2.75, 3.05) is 11.1 Å². The van der Waals surface area contributed by atoms with Gasteiger partial charge in [-0.25, -0.2) is 0 Å². The van der Waals surface area contributed by atoms with Gasteiger partial charge in [0.15, 0.2) is 5.58 Å². The number of anilines is 3. The zero-order valence-electron chi connectivity index (χ0n) is 10.3. The lowest BCUT2D eigenvalue weighted by atomic mass is 10.2. The van der Waals surface area contributed by atoms with Crippen molar-refractivity contribution in [3.8, 4) is 0 Å². The highest BCUT2D eigenvalue weighted by atomic mass is 79.9. The number of nitrogens with two attached hydrogens (primary N) is 1. The molecule has 0 aliphatic rings. The number of halogens is 1. The Kier molecular flexibility index (Phi) is 2.91. The molecule has 0 unspecified atom stereocenters. The van der Waals surface area contributed by atoms with Gasteiger partial charge in [-0.15, -0.1) is 0 Å². The van der Waals surface area contributed by atoms with Crippen molar-refractivity contribution in [3.05, 3.63) is 46.4 Å². The first kappa shape index (κ1) is 12.0. The minimum atomic E-state index is 0.434. The minimum Gasteiger partial charge on any atom is -0.423 e. The largest absolute Gasteiger partial charge is 0.423 e. The summed E-state index contributed by atoms with van der Waals surface area (Å²) < 4.78 is 6.64. The fourth-order valence-corrected chi connectivity index (χ4v) is 2.20. The quantitative estimate of drug-likeness (QED) is 0.694. The van der Waals surface area contributed by atoms with Gasteiger partial charge in [-0.3, -0.25) is 0 Å².